The monoisotopic (exact) mass is 457 g/mol. The number of nitrogens with zero attached hydrogens (tertiary/aromatic N) is 3. The molecule has 0 amide bonds. The second-order valence-corrected chi connectivity index (χ2v) is 7.11. The Balaban J connectivity index is 2.25. The van der Waals surface area contributed by atoms with Gasteiger partial charge < -0.3 is 14.0 Å². The van der Waals surface area contributed by atoms with Crippen LogP contribution in [0.3, 0.4) is 0 Å². The van der Waals surface area contributed by atoms with Crippen molar-refractivity contribution in [2.24, 2.45) is 7.05 Å². The number of hydrogen-bond acceptors (Lipinski definition) is 5. The van der Waals surface area contributed by atoms with Crippen LogP contribution in [0, 0.1) is 6.92 Å². The minimum Gasteiger partial charge on any atom is -0.481 e. The Kier molecular flexibility index (Phi) is 6.30. The molecule has 0 fully saturated rings. The van der Waals surface area contributed by atoms with Crippen molar-refractivity contribution in [3.05, 3.63) is 56.7 Å². The van der Waals surface area contributed by atoms with Gasteiger partial charge in [0.25, 0.3) is 5.56 Å². The molecule has 0 aliphatic carbocycles. The molecule has 3 aromatic rings. The molecule has 11 heteroatoms. The number of fused-ring (bicyclic) bond motifs is 1. The molecule has 0 N–H and O–H groups in total. The highest BCUT2D eigenvalue weighted by Crippen LogP contribution is 2.32. The van der Waals surface area contributed by atoms with Crippen LogP contribution in [-0.4, -0.2) is 39.5 Å². The molecule has 7 nitrogen and oxygen atoms in total. The SMILES string of the molecule is CCOC(=O)c1c(OCC(F)(F)F)c2c(=O)n(Cc3ccccc3Cl)c(C)nc2n1C. The number of benzene rings is 1. The molecular formula is C20H19ClF3N3O4. The Hall–Kier alpha value is -3.01. The van der Waals surface area contributed by atoms with E-state index in [2.05, 4.69) is 4.98 Å². The lowest BCUT2D eigenvalue weighted by Gasteiger charge is -2.12. The van der Waals surface area contributed by atoms with Crippen molar-refractivity contribution >= 4 is 28.6 Å². The predicted octanol–water partition coefficient (Wildman–Crippen LogP) is 3.86. The average Bonchev–Trinajstić information content (AvgIpc) is 2.96. The summed E-state index contributed by atoms with van der Waals surface area (Å²) in [4.78, 5) is 30.1. The van der Waals surface area contributed by atoms with E-state index in [9.17, 15) is 22.8 Å². The van der Waals surface area contributed by atoms with Crippen LogP contribution in [0.2, 0.25) is 5.02 Å². The fourth-order valence-electron chi connectivity index (χ4n) is 3.17. The minimum atomic E-state index is -4.68. The molecule has 0 saturated heterocycles. The van der Waals surface area contributed by atoms with E-state index in [1.54, 1.807) is 38.1 Å². The summed E-state index contributed by atoms with van der Waals surface area (Å²) in [6.45, 7) is 1.47. The zero-order valence-electron chi connectivity index (χ0n) is 16.9. The van der Waals surface area contributed by atoms with Crippen LogP contribution in [0.5, 0.6) is 5.75 Å². The van der Waals surface area contributed by atoms with Crippen LogP contribution in [-0.2, 0) is 18.3 Å². The Morgan fingerprint density at radius 2 is 1.94 bits per heavy atom. The molecule has 0 atom stereocenters. The van der Waals surface area contributed by atoms with Crippen LogP contribution < -0.4 is 10.3 Å². The van der Waals surface area contributed by atoms with Crippen LogP contribution in [0.4, 0.5) is 13.2 Å². The first-order chi connectivity index (χ1) is 14.5. The van der Waals surface area contributed by atoms with Gasteiger partial charge in [0.2, 0.25) is 0 Å². The number of carbonyl (C=O) groups excluding carboxylic acids is 1. The predicted molar refractivity (Wildman–Crippen MR) is 108 cm³/mol. The first-order valence-electron chi connectivity index (χ1n) is 9.25. The smallest absolute Gasteiger partial charge is 0.422 e. The maximum atomic E-state index is 13.3. The zero-order valence-corrected chi connectivity index (χ0v) is 17.7. The highest BCUT2D eigenvalue weighted by Gasteiger charge is 2.33. The van der Waals surface area contributed by atoms with E-state index >= 15 is 0 Å². The lowest BCUT2D eigenvalue weighted by Crippen LogP contribution is -2.25. The number of esters is 1. The summed E-state index contributed by atoms with van der Waals surface area (Å²) in [5.74, 6) is -1.15. The molecule has 2 heterocycles. The molecule has 31 heavy (non-hydrogen) atoms. The maximum Gasteiger partial charge on any atom is 0.422 e. The number of hydrogen-bond donors (Lipinski definition) is 0. The van der Waals surface area contributed by atoms with Gasteiger partial charge in [-0.2, -0.15) is 13.2 Å². The number of aryl methyl sites for hydroxylation is 2. The van der Waals surface area contributed by atoms with E-state index in [-0.39, 0.29) is 35.7 Å². The zero-order chi connectivity index (χ0) is 22.9. The first-order valence-corrected chi connectivity index (χ1v) is 9.62. The third-order valence-corrected chi connectivity index (χ3v) is 4.94. The molecule has 166 valence electrons. The molecular weight excluding hydrogens is 439 g/mol. The van der Waals surface area contributed by atoms with E-state index in [0.717, 1.165) is 0 Å². The van der Waals surface area contributed by atoms with E-state index < -0.39 is 30.1 Å². The van der Waals surface area contributed by atoms with Gasteiger partial charge in [-0.15, -0.1) is 0 Å². The highest BCUT2D eigenvalue weighted by molar-refractivity contribution is 6.31. The quantitative estimate of drug-likeness (QED) is 0.525. The largest absolute Gasteiger partial charge is 0.481 e. The van der Waals surface area contributed by atoms with Crippen molar-refractivity contribution in [2.45, 2.75) is 26.6 Å². The van der Waals surface area contributed by atoms with Crippen molar-refractivity contribution in [1.82, 2.24) is 14.1 Å². The molecule has 0 spiro atoms. The van der Waals surface area contributed by atoms with Crippen LogP contribution in [0.1, 0.15) is 28.8 Å². The summed E-state index contributed by atoms with van der Waals surface area (Å²) in [5, 5.41) is 0.176. The third-order valence-electron chi connectivity index (χ3n) is 4.57. The minimum absolute atomic E-state index is 0.0116. The lowest BCUT2D eigenvalue weighted by atomic mass is 10.2. The highest BCUT2D eigenvalue weighted by atomic mass is 35.5. The van der Waals surface area contributed by atoms with E-state index in [1.165, 1.54) is 16.2 Å². The van der Waals surface area contributed by atoms with Crippen molar-refractivity contribution in [3.63, 3.8) is 0 Å². The van der Waals surface area contributed by atoms with E-state index in [1.807, 2.05) is 0 Å². The van der Waals surface area contributed by atoms with Gasteiger partial charge in [-0.3, -0.25) is 9.36 Å². The number of carbonyl (C=O) groups is 1. The fourth-order valence-corrected chi connectivity index (χ4v) is 3.37. The normalized spacial score (nSPS) is 11.7. The number of halogens is 4. The van der Waals surface area contributed by atoms with Crippen LogP contribution in [0.15, 0.2) is 29.1 Å². The molecule has 0 bridgehead atoms. The van der Waals surface area contributed by atoms with Crippen molar-refractivity contribution in [3.8, 4) is 5.75 Å². The van der Waals surface area contributed by atoms with Gasteiger partial charge >= 0.3 is 12.1 Å². The number of alkyl halides is 3. The second-order valence-electron chi connectivity index (χ2n) is 6.70. The molecule has 0 unspecified atom stereocenters. The summed E-state index contributed by atoms with van der Waals surface area (Å²) < 4.78 is 50.9. The van der Waals surface area contributed by atoms with E-state index in [0.29, 0.717) is 10.6 Å². The summed E-state index contributed by atoms with van der Waals surface area (Å²) in [6, 6.07) is 6.85. The standard InChI is InChI=1S/C20H19ClF3N3O4/c1-4-30-19(29)15-16(31-10-20(22,23)24)14-17(26(15)3)25-11(2)27(18(14)28)9-12-7-5-6-8-13(12)21/h5-8H,4,9-10H2,1-3H3. The molecule has 1 aromatic carbocycles. The van der Waals surface area contributed by atoms with Crippen molar-refractivity contribution in [1.29, 1.82) is 0 Å². The molecule has 0 aliphatic rings. The Morgan fingerprint density at radius 1 is 1.26 bits per heavy atom. The fraction of sp³-hybridized carbons (Fsp3) is 0.350. The number of aromatic nitrogens is 3. The van der Waals surface area contributed by atoms with Gasteiger partial charge in [-0.1, -0.05) is 29.8 Å². The van der Waals surface area contributed by atoms with Crippen LogP contribution >= 0.6 is 11.6 Å². The van der Waals surface area contributed by atoms with Gasteiger partial charge in [0, 0.05) is 12.1 Å². The lowest BCUT2D eigenvalue weighted by molar-refractivity contribution is -0.153. The van der Waals surface area contributed by atoms with Gasteiger partial charge in [-0.05, 0) is 25.5 Å². The molecule has 3 rings (SSSR count). The molecule has 0 radical (unpaired) electrons. The van der Waals surface area contributed by atoms with E-state index in [4.69, 9.17) is 21.1 Å². The van der Waals surface area contributed by atoms with Crippen LogP contribution in [0.25, 0.3) is 11.0 Å². The third kappa shape index (κ3) is 4.53. The Labute approximate surface area is 180 Å². The Morgan fingerprint density at radius 3 is 2.55 bits per heavy atom. The summed E-state index contributed by atoms with van der Waals surface area (Å²) in [7, 11) is 1.40. The van der Waals surface area contributed by atoms with Gasteiger partial charge in [0.15, 0.2) is 23.7 Å². The van der Waals surface area contributed by atoms with Crippen molar-refractivity contribution < 1.29 is 27.4 Å². The molecule has 0 saturated carbocycles. The summed E-state index contributed by atoms with van der Waals surface area (Å²) in [5.41, 5.74) is -0.348. The van der Waals surface area contributed by atoms with Crippen molar-refractivity contribution in [2.75, 3.05) is 13.2 Å². The summed E-state index contributed by atoms with van der Waals surface area (Å²) in [6.07, 6.45) is -4.68. The topological polar surface area (TPSA) is 75.3 Å². The summed E-state index contributed by atoms with van der Waals surface area (Å²) >= 11 is 6.18. The molecule has 0 aliphatic heterocycles. The van der Waals surface area contributed by atoms with Gasteiger partial charge in [0.05, 0.1) is 13.2 Å². The molecule has 2 aromatic heterocycles. The number of rotatable bonds is 6. The van der Waals surface area contributed by atoms with Gasteiger partial charge in [-0.25, -0.2) is 9.78 Å². The van der Waals surface area contributed by atoms with Gasteiger partial charge in [0.1, 0.15) is 11.2 Å². The second kappa shape index (κ2) is 8.62. The average molecular weight is 458 g/mol. The first kappa shape index (κ1) is 22.7. The number of ether oxygens (including phenoxy) is 2. The Bertz CT molecular complexity index is 1200. The maximum absolute atomic E-state index is 13.3.